The van der Waals surface area contributed by atoms with Crippen LogP contribution in [0.4, 0.5) is 4.39 Å². The zero-order valence-electron chi connectivity index (χ0n) is 9.57. The molecule has 0 bridgehead atoms. The predicted octanol–water partition coefficient (Wildman–Crippen LogP) is 1.09. The number of halogens is 1. The molecule has 17 heavy (non-hydrogen) atoms. The van der Waals surface area contributed by atoms with Crippen molar-refractivity contribution in [3.63, 3.8) is 0 Å². The Balaban J connectivity index is 2.06. The van der Waals surface area contributed by atoms with Gasteiger partial charge in [-0.1, -0.05) is 0 Å². The largest absolute Gasteiger partial charge is 0.352 e. The SMILES string of the molecule is CN1CCN=C1NCc1cc(C#N)ccc1F. The van der Waals surface area contributed by atoms with Crippen LogP contribution < -0.4 is 5.32 Å². The Hall–Kier alpha value is -2.09. The fourth-order valence-electron chi connectivity index (χ4n) is 1.68. The zero-order valence-corrected chi connectivity index (χ0v) is 9.57. The van der Waals surface area contributed by atoms with E-state index in [2.05, 4.69) is 10.3 Å². The van der Waals surface area contributed by atoms with Crippen molar-refractivity contribution in [3.05, 3.63) is 35.1 Å². The summed E-state index contributed by atoms with van der Waals surface area (Å²) in [5, 5.41) is 11.8. The highest BCUT2D eigenvalue weighted by molar-refractivity contribution is 5.81. The molecule has 0 fully saturated rings. The first-order valence-corrected chi connectivity index (χ1v) is 5.38. The van der Waals surface area contributed by atoms with Crippen LogP contribution in [0.2, 0.25) is 0 Å². The number of nitrogens with zero attached hydrogens (tertiary/aromatic N) is 3. The Kier molecular flexibility index (Phi) is 3.24. The summed E-state index contributed by atoms with van der Waals surface area (Å²) in [5.74, 6) is 0.463. The Morgan fingerprint density at radius 1 is 1.59 bits per heavy atom. The predicted molar refractivity (Wildman–Crippen MR) is 62.9 cm³/mol. The molecule has 0 spiro atoms. The van der Waals surface area contributed by atoms with Gasteiger partial charge < -0.3 is 10.2 Å². The van der Waals surface area contributed by atoms with Crippen molar-refractivity contribution in [2.45, 2.75) is 6.54 Å². The average Bonchev–Trinajstić information content (AvgIpc) is 2.74. The van der Waals surface area contributed by atoms with E-state index in [1.807, 2.05) is 18.0 Å². The van der Waals surface area contributed by atoms with Gasteiger partial charge in [-0.05, 0) is 18.2 Å². The van der Waals surface area contributed by atoms with Crippen LogP contribution in [0.3, 0.4) is 0 Å². The van der Waals surface area contributed by atoms with Crippen LogP contribution in [0.1, 0.15) is 11.1 Å². The molecule has 1 aromatic carbocycles. The second-order valence-corrected chi connectivity index (χ2v) is 3.90. The summed E-state index contributed by atoms with van der Waals surface area (Å²) in [4.78, 5) is 6.23. The van der Waals surface area contributed by atoms with Gasteiger partial charge in [0.25, 0.3) is 0 Å². The minimum atomic E-state index is -0.308. The first-order chi connectivity index (χ1) is 8.20. The minimum absolute atomic E-state index is 0.308. The van der Waals surface area contributed by atoms with Crippen molar-refractivity contribution in [2.75, 3.05) is 20.1 Å². The molecule has 0 saturated heterocycles. The van der Waals surface area contributed by atoms with Crippen LogP contribution in [0.25, 0.3) is 0 Å². The van der Waals surface area contributed by atoms with Crippen LogP contribution in [0, 0.1) is 17.1 Å². The molecular weight excluding hydrogens is 219 g/mol. The number of nitriles is 1. The fourth-order valence-corrected chi connectivity index (χ4v) is 1.68. The Morgan fingerprint density at radius 3 is 3.06 bits per heavy atom. The molecule has 1 aromatic rings. The summed E-state index contributed by atoms with van der Waals surface area (Å²) < 4.78 is 13.5. The van der Waals surface area contributed by atoms with Crippen LogP contribution in [0.5, 0.6) is 0 Å². The third kappa shape index (κ3) is 2.53. The lowest BCUT2D eigenvalue weighted by molar-refractivity contribution is 0.530. The fraction of sp³-hybridized carbons (Fsp3) is 0.333. The molecule has 0 unspecified atom stereocenters. The number of benzene rings is 1. The second kappa shape index (κ2) is 4.83. The van der Waals surface area contributed by atoms with Gasteiger partial charge in [0, 0.05) is 25.7 Å². The monoisotopic (exact) mass is 232 g/mol. The number of rotatable bonds is 2. The molecule has 5 heteroatoms. The summed E-state index contributed by atoms with van der Waals surface area (Å²) in [6.45, 7) is 1.98. The lowest BCUT2D eigenvalue weighted by Gasteiger charge is -2.15. The number of aliphatic imine (C=N–C) groups is 1. The van der Waals surface area contributed by atoms with Gasteiger partial charge in [-0.15, -0.1) is 0 Å². The smallest absolute Gasteiger partial charge is 0.194 e. The normalized spacial score (nSPS) is 14.4. The number of nitrogens with one attached hydrogen (secondary N) is 1. The van der Waals surface area contributed by atoms with Crippen molar-refractivity contribution in [1.29, 1.82) is 5.26 Å². The first kappa shape index (κ1) is 11.4. The highest BCUT2D eigenvalue weighted by Gasteiger charge is 2.12. The molecule has 0 atom stereocenters. The molecule has 0 saturated carbocycles. The number of likely N-dealkylation sites (N-methyl/N-ethyl adjacent to an activating group) is 1. The molecule has 1 N–H and O–H groups in total. The Bertz CT molecular complexity index is 490. The zero-order chi connectivity index (χ0) is 12.3. The summed E-state index contributed by atoms with van der Waals surface area (Å²) in [5.41, 5.74) is 0.942. The maximum Gasteiger partial charge on any atom is 0.194 e. The molecule has 0 radical (unpaired) electrons. The molecule has 0 aliphatic carbocycles. The van der Waals surface area contributed by atoms with Crippen LogP contribution in [-0.2, 0) is 6.54 Å². The molecule has 1 aliphatic heterocycles. The van der Waals surface area contributed by atoms with Crippen LogP contribution in [0.15, 0.2) is 23.2 Å². The topological polar surface area (TPSA) is 51.4 Å². The van der Waals surface area contributed by atoms with E-state index in [9.17, 15) is 4.39 Å². The minimum Gasteiger partial charge on any atom is -0.352 e. The summed E-state index contributed by atoms with van der Waals surface area (Å²) in [6.07, 6.45) is 0. The molecule has 88 valence electrons. The van der Waals surface area contributed by atoms with Gasteiger partial charge in [-0.3, -0.25) is 4.99 Å². The molecule has 0 aromatic heterocycles. The maximum atomic E-state index is 13.5. The highest BCUT2D eigenvalue weighted by Crippen LogP contribution is 2.10. The summed E-state index contributed by atoms with van der Waals surface area (Å²) >= 11 is 0. The maximum absolute atomic E-state index is 13.5. The lowest BCUT2D eigenvalue weighted by Crippen LogP contribution is -2.35. The van der Waals surface area contributed by atoms with E-state index in [1.54, 1.807) is 6.07 Å². The van der Waals surface area contributed by atoms with Gasteiger partial charge in [0.05, 0.1) is 18.2 Å². The van der Waals surface area contributed by atoms with E-state index in [0.29, 0.717) is 17.7 Å². The average molecular weight is 232 g/mol. The van der Waals surface area contributed by atoms with Crippen molar-refractivity contribution >= 4 is 5.96 Å². The molecule has 4 nitrogen and oxygen atoms in total. The second-order valence-electron chi connectivity index (χ2n) is 3.90. The standard InChI is InChI=1S/C12H13FN4/c1-17-5-4-15-12(17)16-8-10-6-9(7-14)2-3-11(10)13/h2-3,6H,4-5,8H2,1H3,(H,15,16). The van der Waals surface area contributed by atoms with Crippen molar-refractivity contribution in [1.82, 2.24) is 10.2 Å². The summed E-state index contributed by atoms with van der Waals surface area (Å²) in [6, 6.07) is 6.34. The number of hydrogen-bond acceptors (Lipinski definition) is 4. The number of hydrogen-bond donors (Lipinski definition) is 1. The molecule has 1 aliphatic rings. The Labute approximate surface area is 99.4 Å². The van der Waals surface area contributed by atoms with E-state index in [0.717, 1.165) is 19.0 Å². The highest BCUT2D eigenvalue weighted by atomic mass is 19.1. The van der Waals surface area contributed by atoms with Crippen LogP contribution >= 0.6 is 0 Å². The van der Waals surface area contributed by atoms with E-state index in [1.165, 1.54) is 12.1 Å². The third-order valence-corrected chi connectivity index (χ3v) is 2.67. The third-order valence-electron chi connectivity index (χ3n) is 2.67. The summed E-state index contributed by atoms with van der Waals surface area (Å²) in [7, 11) is 1.93. The van der Waals surface area contributed by atoms with Gasteiger partial charge in [-0.25, -0.2) is 4.39 Å². The van der Waals surface area contributed by atoms with E-state index in [4.69, 9.17) is 5.26 Å². The molecule has 1 heterocycles. The van der Waals surface area contributed by atoms with Gasteiger partial charge in [0.15, 0.2) is 5.96 Å². The van der Waals surface area contributed by atoms with Gasteiger partial charge in [-0.2, -0.15) is 5.26 Å². The first-order valence-electron chi connectivity index (χ1n) is 5.38. The molecular formula is C12H13FN4. The van der Waals surface area contributed by atoms with E-state index < -0.39 is 0 Å². The number of guanidine groups is 1. The van der Waals surface area contributed by atoms with Crippen molar-refractivity contribution < 1.29 is 4.39 Å². The van der Waals surface area contributed by atoms with Gasteiger partial charge >= 0.3 is 0 Å². The molecule has 0 amide bonds. The van der Waals surface area contributed by atoms with Gasteiger partial charge in [0.2, 0.25) is 0 Å². The lowest BCUT2D eigenvalue weighted by atomic mass is 10.1. The van der Waals surface area contributed by atoms with Crippen LogP contribution in [-0.4, -0.2) is 31.0 Å². The Morgan fingerprint density at radius 2 is 2.41 bits per heavy atom. The molecule has 2 rings (SSSR count). The quantitative estimate of drug-likeness (QED) is 0.830. The van der Waals surface area contributed by atoms with Gasteiger partial charge in [0.1, 0.15) is 5.82 Å². The van der Waals surface area contributed by atoms with Crippen molar-refractivity contribution in [3.8, 4) is 6.07 Å². The van der Waals surface area contributed by atoms with E-state index in [-0.39, 0.29) is 5.82 Å². The van der Waals surface area contributed by atoms with Crippen molar-refractivity contribution in [2.24, 2.45) is 4.99 Å². The van der Waals surface area contributed by atoms with E-state index >= 15 is 0 Å².